The SMILES string of the molecule is CC(C)c1cc(C(C)C)c(S(=O)(=O)Oc2nc(-c3ccncc3)nc3c2cc[s+]3C)c(C(C)C)c1. The van der Waals surface area contributed by atoms with E-state index >= 15 is 0 Å². The number of aryl methyl sites for hydroxylation is 1. The smallest absolute Gasteiger partial charge is 0.341 e. The van der Waals surface area contributed by atoms with E-state index in [4.69, 9.17) is 9.17 Å². The average molecular weight is 511 g/mol. The van der Waals surface area contributed by atoms with Gasteiger partial charge in [0.05, 0.1) is 0 Å². The van der Waals surface area contributed by atoms with Crippen molar-refractivity contribution in [2.24, 2.45) is 6.26 Å². The highest BCUT2D eigenvalue weighted by atomic mass is 32.2. The highest BCUT2D eigenvalue weighted by Gasteiger charge is 2.31. The van der Waals surface area contributed by atoms with Gasteiger partial charge in [-0.25, -0.2) is 0 Å². The molecule has 0 aliphatic carbocycles. The van der Waals surface area contributed by atoms with Crippen molar-refractivity contribution in [2.45, 2.75) is 64.2 Å². The van der Waals surface area contributed by atoms with Crippen LogP contribution < -0.4 is 4.18 Å². The van der Waals surface area contributed by atoms with E-state index in [1.54, 1.807) is 24.5 Å². The summed E-state index contributed by atoms with van der Waals surface area (Å²) in [4.78, 5) is 14.4. The lowest BCUT2D eigenvalue weighted by atomic mass is 9.89. The van der Waals surface area contributed by atoms with Crippen LogP contribution >= 0.6 is 10.5 Å². The van der Waals surface area contributed by atoms with Gasteiger partial charge in [-0.15, -0.1) is 0 Å². The van der Waals surface area contributed by atoms with Crippen molar-refractivity contribution in [1.29, 1.82) is 0 Å². The highest BCUT2D eigenvalue weighted by Crippen LogP contribution is 2.39. The number of benzene rings is 1. The molecule has 1 atom stereocenters. The van der Waals surface area contributed by atoms with E-state index in [2.05, 4.69) is 23.8 Å². The van der Waals surface area contributed by atoms with Crippen molar-refractivity contribution < 1.29 is 12.6 Å². The summed E-state index contributed by atoms with van der Waals surface area (Å²) in [6, 6.07) is 9.47. The summed E-state index contributed by atoms with van der Waals surface area (Å²) >= 11 is 0. The molecule has 0 spiro atoms. The molecule has 0 fully saturated rings. The molecule has 0 saturated carbocycles. The van der Waals surface area contributed by atoms with Crippen molar-refractivity contribution in [3.63, 3.8) is 0 Å². The first kappa shape index (κ1) is 25.3. The third-order valence-corrected chi connectivity index (χ3v) is 8.89. The second-order valence-corrected chi connectivity index (χ2v) is 13.0. The molecule has 35 heavy (non-hydrogen) atoms. The Morgan fingerprint density at radius 3 is 2.00 bits per heavy atom. The van der Waals surface area contributed by atoms with Crippen LogP contribution in [0.3, 0.4) is 0 Å². The Balaban J connectivity index is 1.93. The van der Waals surface area contributed by atoms with Gasteiger partial charge in [0.1, 0.15) is 21.9 Å². The van der Waals surface area contributed by atoms with Crippen LogP contribution in [0.2, 0.25) is 0 Å². The van der Waals surface area contributed by atoms with E-state index in [1.165, 1.54) is 0 Å². The molecular weight excluding hydrogens is 478 g/mol. The molecule has 1 aromatic carbocycles. The number of hydrogen-bond acceptors (Lipinski definition) is 6. The summed E-state index contributed by atoms with van der Waals surface area (Å²) < 4.78 is 33.8. The Hall–Kier alpha value is -2.84. The van der Waals surface area contributed by atoms with Crippen LogP contribution in [-0.2, 0) is 16.4 Å². The van der Waals surface area contributed by atoms with E-state index in [0.29, 0.717) is 11.2 Å². The third-order valence-electron chi connectivity index (χ3n) is 6.08. The van der Waals surface area contributed by atoms with E-state index < -0.39 is 10.1 Å². The van der Waals surface area contributed by atoms with Gasteiger partial charge in [-0.3, -0.25) is 4.98 Å². The zero-order valence-corrected chi connectivity index (χ0v) is 22.9. The van der Waals surface area contributed by atoms with E-state index in [1.807, 2.05) is 57.5 Å². The number of nitrogens with zero attached hydrogens (tertiary/aromatic N) is 3. The number of hydrogen-bond donors (Lipinski definition) is 0. The van der Waals surface area contributed by atoms with Crippen LogP contribution in [0.25, 0.3) is 21.6 Å². The molecule has 0 amide bonds. The zero-order valence-electron chi connectivity index (χ0n) is 21.2. The van der Waals surface area contributed by atoms with Crippen LogP contribution in [0.5, 0.6) is 5.88 Å². The average Bonchev–Trinajstić information content (AvgIpc) is 3.19. The maximum Gasteiger partial charge on any atom is 0.341 e. The Bertz CT molecular complexity index is 1450. The first-order chi connectivity index (χ1) is 16.5. The molecule has 8 heteroatoms. The van der Waals surface area contributed by atoms with Crippen LogP contribution in [0.1, 0.15) is 76.0 Å². The molecule has 0 radical (unpaired) electrons. The van der Waals surface area contributed by atoms with Gasteiger partial charge in [-0.1, -0.05) is 53.7 Å². The van der Waals surface area contributed by atoms with Crippen molar-refractivity contribution in [3.05, 3.63) is 64.8 Å². The summed E-state index contributed by atoms with van der Waals surface area (Å²) in [5.41, 5.74) is 3.41. The van der Waals surface area contributed by atoms with Gasteiger partial charge in [0.2, 0.25) is 5.88 Å². The second-order valence-electron chi connectivity index (χ2n) is 9.70. The van der Waals surface area contributed by atoms with E-state index in [0.717, 1.165) is 27.1 Å². The normalized spacial score (nSPS) is 12.8. The maximum atomic E-state index is 13.9. The van der Waals surface area contributed by atoms with Gasteiger partial charge < -0.3 is 4.18 Å². The predicted molar refractivity (Wildman–Crippen MR) is 143 cm³/mol. The van der Waals surface area contributed by atoms with E-state index in [9.17, 15) is 8.42 Å². The number of thiophene rings is 1. The second kappa shape index (κ2) is 9.66. The van der Waals surface area contributed by atoms with Gasteiger partial charge in [0, 0.05) is 34.5 Å². The first-order valence-corrected chi connectivity index (χ1v) is 14.9. The van der Waals surface area contributed by atoms with Gasteiger partial charge in [0.15, 0.2) is 5.82 Å². The topological polar surface area (TPSA) is 82.0 Å². The van der Waals surface area contributed by atoms with Crippen LogP contribution in [-0.4, -0.2) is 23.4 Å². The van der Waals surface area contributed by atoms with Gasteiger partial charge in [0.25, 0.3) is 4.83 Å². The molecule has 0 aliphatic heterocycles. The lowest BCUT2D eigenvalue weighted by Crippen LogP contribution is -2.18. The highest BCUT2D eigenvalue weighted by molar-refractivity contribution is 7.87. The Kier molecular flexibility index (Phi) is 6.97. The maximum absolute atomic E-state index is 13.9. The summed E-state index contributed by atoms with van der Waals surface area (Å²) in [7, 11) is -4.45. The molecule has 0 saturated heterocycles. The minimum Gasteiger partial charge on any atom is -0.357 e. The summed E-state index contributed by atoms with van der Waals surface area (Å²) in [6.45, 7) is 12.3. The summed E-state index contributed by atoms with van der Waals surface area (Å²) in [6.07, 6.45) is 5.36. The number of aromatic nitrogens is 3. The van der Waals surface area contributed by atoms with Gasteiger partial charge in [-0.2, -0.15) is 18.4 Å². The predicted octanol–water partition coefficient (Wildman–Crippen LogP) is 7.12. The van der Waals surface area contributed by atoms with E-state index in [-0.39, 0.29) is 39.0 Å². The molecule has 1 unspecified atom stereocenters. The quantitative estimate of drug-likeness (QED) is 0.194. The fourth-order valence-corrected chi connectivity index (χ4v) is 6.86. The minimum absolute atomic E-state index is 0.00414. The molecule has 0 bridgehead atoms. The molecule has 184 valence electrons. The molecule has 4 rings (SSSR count). The molecule has 0 N–H and O–H groups in total. The number of fused-ring (bicyclic) bond motifs is 1. The molecule has 3 aromatic heterocycles. The fourth-order valence-electron chi connectivity index (χ4n) is 4.07. The lowest BCUT2D eigenvalue weighted by molar-refractivity contribution is 0.475. The Morgan fingerprint density at radius 1 is 0.857 bits per heavy atom. The van der Waals surface area contributed by atoms with Crippen LogP contribution in [0, 0.1) is 0 Å². The Labute approximate surface area is 210 Å². The molecule has 0 aliphatic rings. The molecule has 3 heterocycles. The zero-order chi connectivity index (χ0) is 25.5. The monoisotopic (exact) mass is 510 g/mol. The largest absolute Gasteiger partial charge is 0.357 e. The van der Waals surface area contributed by atoms with Crippen LogP contribution in [0.4, 0.5) is 0 Å². The standard InChI is InChI=1S/C27H32N3O3S2/c1-16(2)20-14-22(17(3)4)24(23(15-20)18(5)6)35(31,32)33-26-21-10-13-34(7)27(21)30-25(29-26)19-8-11-28-12-9-19/h8-18H,1-7H3/q+1. The lowest BCUT2D eigenvalue weighted by Gasteiger charge is -2.22. The van der Waals surface area contributed by atoms with Crippen molar-refractivity contribution in [3.8, 4) is 17.3 Å². The molecular formula is C27H32N3O3S2+. The minimum atomic E-state index is -4.18. The fraction of sp³-hybridized carbons (Fsp3) is 0.370. The molecule has 4 aromatic rings. The number of pyridine rings is 1. The van der Waals surface area contributed by atoms with Crippen molar-refractivity contribution in [1.82, 2.24) is 15.0 Å². The third kappa shape index (κ3) is 4.95. The van der Waals surface area contributed by atoms with Crippen LogP contribution in [0.15, 0.2) is 53.0 Å². The van der Waals surface area contributed by atoms with Crippen molar-refractivity contribution in [2.75, 3.05) is 0 Å². The first-order valence-electron chi connectivity index (χ1n) is 11.8. The number of rotatable bonds is 7. The molecule has 6 nitrogen and oxygen atoms in total. The van der Waals surface area contributed by atoms with Gasteiger partial charge >= 0.3 is 10.1 Å². The summed E-state index contributed by atoms with van der Waals surface area (Å²) in [5.74, 6) is 0.771. The van der Waals surface area contributed by atoms with Crippen molar-refractivity contribution >= 4 is 30.8 Å². The van der Waals surface area contributed by atoms with Gasteiger partial charge in [-0.05, 0) is 46.6 Å². The Morgan fingerprint density at radius 2 is 1.46 bits per heavy atom. The summed E-state index contributed by atoms with van der Waals surface area (Å²) in [5, 5.41) is 2.62.